The Balaban J connectivity index is 1.60. The lowest BCUT2D eigenvalue weighted by Crippen LogP contribution is -2.51. The summed E-state index contributed by atoms with van der Waals surface area (Å²) in [5.41, 5.74) is 0.898. The molecule has 0 aliphatic carbocycles. The molecule has 25 heavy (non-hydrogen) atoms. The van der Waals surface area contributed by atoms with Crippen molar-refractivity contribution in [3.8, 4) is 11.5 Å². The van der Waals surface area contributed by atoms with Crippen molar-refractivity contribution < 1.29 is 14.2 Å². The van der Waals surface area contributed by atoms with Crippen LogP contribution >= 0.6 is 11.3 Å². The van der Waals surface area contributed by atoms with Crippen LogP contribution in [0, 0.1) is 0 Å². The third kappa shape index (κ3) is 3.28. The van der Waals surface area contributed by atoms with Gasteiger partial charge in [0.1, 0.15) is 21.7 Å². The van der Waals surface area contributed by atoms with E-state index in [-0.39, 0.29) is 0 Å². The minimum Gasteiger partial charge on any atom is -0.495 e. The molecule has 0 spiro atoms. The lowest BCUT2D eigenvalue weighted by atomic mass is 10.0. The summed E-state index contributed by atoms with van der Waals surface area (Å²) in [5, 5.41) is 1.07. The minimum atomic E-state index is 0.591. The summed E-state index contributed by atoms with van der Waals surface area (Å²) >= 11 is 1.70. The Bertz CT molecular complexity index is 689. The number of ether oxygens (including phenoxy) is 3. The quantitative estimate of drug-likeness (QED) is 0.832. The molecule has 2 fully saturated rings. The van der Waals surface area contributed by atoms with Crippen LogP contribution in [0.3, 0.4) is 0 Å². The van der Waals surface area contributed by atoms with E-state index in [1.807, 2.05) is 12.1 Å². The van der Waals surface area contributed by atoms with Gasteiger partial charge in [0.25, 0.3) is 0 Å². The Labute approximate surface area is 152 Å². The molecule has 4 rings (SSSR count). The topological polar surface area (TPSA) is 47.1 Å². The molecule has 0 radical (unpaired) electrons. The van der Waals surface area contributed by atoms with Gasteiger partial charge in [-0.05, 0) is 25.0 Å². The molecule has 7 heteroatoms. The van der Waals surface area contributed by atoms with E-state index < -0.39 is 0 Å². The van der Waals surface area contributed by atoms with Gasteiger partial charge in [-0.2, -0.15) is 0 Å². The summed E-state index contributed by atoms with van der Waals surface area (Å²) in [4.78, 5) is 9.89. The highest BCUT2D eigenvalue weighted by Crippen LogP contribution is 2.40. The fourth-order valence-corrected chi connectivity index (χ4v) is 4.89. The third-order valence-electron chi connectivity index (χ3n) is 5.13. The first-order valence-corrected chi connectivity index (χ1v) is 9.70. The Hall–Kier alpha value is -1.57. The molecular weight excluding hydrogens is 338 g/mol. The fraction of sp³-hybridized carbons (Fsp3) is 0.611. The van der Waals surface area contributed by atoms with Gasteiger partial charge in [-0.15, -0.1) is 0 Å². The number of aromatic nitrogens is 1. The zero-order valence-electron chi connectivity index (χ0n) is 14.9. The second kappa shape index (κ2) is 7.35. The molecule has 1 unspecified atom stereocenters. The van der Waals surface area contributed by atoms with Gasteiger partial charge in [0, 0.05) is 32.2 Å². The van der Waals surface area contributed by atoms with Gasteiger partial charge in [0.2, 0.25) is 0 Å². The molecule has 6 nitrogen and oxygen atoms in total. The van der Waals surface area contributed by atoms with Gasteiger partial charge in [-0.25, -0.2) is 4.98 Å². The first kappa shape index (κ1) is 16.9. The van der Waals surface area contributed by atoms with Crippen LogP contribution in [0.1, 0.15) is 12.8 Å². The van der Waals surface area contributed by atoms with Gasteiger partial charge in [0.05, 0.1) is 27.4 Å². The van der Waals surface area contributed by atoms with E-state index in [9.17, 15) is 0 Å². The molecule has 136 valence electrons. The maximum Gasteiger partial charge on any atom is 0.186 e. The number of hydrogen-bond donors (Lipinski definition) is 0. The van der Waals surface area contributed by atoms with Crippen molar-refractivity contribution in [1.29, 1.82) is 0 Å². The monoisotopic (exact) mass is 363 g/mol. The first-order valence-electron chi connectivity index (χ1n) is 8.88. The van der Waals surface area contributed by atoms with Gasteiger partial charge in [0.15, 0.2) is 5.13 Å². The maximum atomic E-state index is 5.52. The number of fused-ring (bicyclic) bond motifs is 1. The number of benzene rings is 1. The van der Waals surface area contributed by atoms with Gasteiger partial charge >= 0.3 is 0 Å². The number of nitrogens with zero attached hydrogens (tertiary/aromatic N) is 3. The highest BCUT2D eigenvalue weighted by atomic mass is 32.1. The molecule has 1 aromatic carbocycles. The molecular formula is C18H25N3O3S. The molecule has 0 amide bonds. The predicted molar refractivity (Wildman–Crippen MR) is 100 cm³/mol. The van der Waals surface area contributed by atoms with Crippen LogP contribution in [0.5, 0.6) is 11.5 Å². The van der Waals surface area contributed by atoms with E-state index in [0.717, 1.165) is 66.2 Å². The molecule has 2 saturated heterocycles. The molecule has 2 aromatic rings. The minimum absolute atomic E-state index is 0.591. The normalized spacial score (nSPS) is 22.3. The number of piperidine rings is 1. The molecule has 0 bridgehead atoms. The summed E-state index contributed by atoms with van der Waals surface area (Å²) in [7, 11) is 3.39. The van der Waals surface area contributed by atoms with E-state index in [1.165, 1.54) is 12.8 Å². The van der Waals surface area contributed by atoms with Crippen LogP contribution in [-0.2, 0) is 4.74 Å². The third-order valence-corrected chi connectivity index (χ3v) is 6.26. The Morgan fingerprint density at radius 2 is 1.88 bits per heavy atom. The smallest absolute Gasteiger partial charge is 0.186 e. The highest BCUT2D eigenvalue weighted by Gasteiger charge is 2.28. The molecule has 1 atom stereocenters. The van der Waals surface area contributed by atoms with Crippen molar-refractivity contribution in [2.45, 2.75) is 18.9 Å². The van der Waals surface area contributed by atoms with E-state index >= 15 is 0 Å². The van der Waals surface area contributed by atoms with Crippen LogP contribution in [0.2, 0.25) is 0 Å². The molecule has 2 aliphatic rings. The molecule has 0 saturated carbocycles. The van der Waals surface area contributed by atoms with Crippen molar-refractivity contribution in [2.75, 3.05) is 58.5 Å². The van der Waals surface area contributed by atoms with Crippen LogP contribution < -0.4 is 14.4 Å². The zero-order valence-corrected chi connectivity index (χ0v) is 15.7. The number of rotatable bonds is 4. The molecule has 3 heterocycles. The Morgan fingerprint density at radius 3 is 2.64 bits per heavy atom. The van der Waals surface area contributed by atoms with Crippen molar-refractivity contribution in [1.82, 2.24) is 9.88 Å². The summed E-state index contributed by atoms with van der Waals surface area (Å²) < 4.78 is 17.6. The number of thiazole rings is 1. The predicted octanol–water partition coefficient (Wildman–Crippen LogP) is 2.61. The van der Waals surface area contributed by atoms with Crippen molar-refractivity contribution in [3.63, 3.8) is 0 Å². The van der Waals surface area contributed by atoms with Crippen LogP contribution in [0.25, 0.3) is 10.2 Å². The second-order valence-electron chi connectivity index (χ2n) is 6.53. The largest absolute Gasteiger partial charge is 0.495 e. The van der Waals surface area contributed by atoms with Crippen LogP contribution in [0.4, 0.5) is 5.13 Å². The lowest BCUT2D eigenvalue weighted by Gasteiger charge is -2.40. The first-order chi connectivity index (χ1) is 12.3. The number of morpholine rings is 1. The van der Waals surface area contributed by atoms with Gasteiger partial charge in [-0.1, -0.05) is 11.3 Å². The van der Waals surface area contributed by atoms with Crippen molar-refractivity contribution in [3.05, 3.63) is 12.1 Å². The highest BCUT2D eigenvalue weighted by molar-refractivity contribution is 7.22. The van der Waals surface area contributed by atoms with E-state index in [0.29, 0.717) is 6.04 Å². The standard InChI is InChI=1S/C18H25N3O3S/c1-22-14-5-6-15(23-2)17-16(14)19-18(25-17)21-7-3-4-13(12-21)20-8-10-24-11-9-20/h5-6,13H,3-4,7-12H2,1-2H3. The van der Waals surface area contributed by atoms with Crippen molar-refractivity contribution >= 4 is 26.7 Å². The summed E-state index contributed by atoms with van der Waals surface area (Å²) in [6.07, 6.45) is 2.46. The number of hydrogen-bond acceptors (Lipinski definition) is 7. The summed E-state index contributed by atoms with van der Waals surface area (Å²) in [6, 6.07) is 4.47. The molecule has 0 N–H and O–H groups in total. The number of anilines is 1. The summed E-state index contributed by atoms with van der Waals surface area (Å²) in [5.74, 6) is 1.67. The van der Waals surface area contributed by atoms with Crippen LogP contribution in [0.15, 0.2) is 12.1 Å². The van der Waals surface area contributed by atoms with E-state index in [1.54, 1.807) is 25.6 Å². The Morgan fingerprint density at radius 1 is 1.12 bits per heavy atom. The Kier molecular flexibility index (Phi) is 4.96. The number of methoxy groups -OCH3 is 2. The maximum absolute atomic E-state index is 5.52. The van der Waals surface area contributed by atoms with E-state index in [2.05, 4.69) is 9.80 Å². The lowest BCUT2D eigenvalue weighted by molar-refractivity contribution is 0.0137. The SMILES string of the molecule is COc1ccc(OC)c2sc(N3CCCC(N4CCOCC4)C3)nc12. The summed E-state index contributed by atoms with van der Waals surface area (Å²) in [6.45, 7) is 5.88. The van der Waals surface area contributed by atoms with Gasteiger partial charge in [-0.3, -0.25) is 4.90 Å². The molecule has 2 aliphatic heterocycles. The zero-order chi connectivity index (χ0) is 17.2. The van der Waals surface area contributed by atoms with Crippen LogP contribution in [-0.4, -0.2) is 69.5 Å². The fourth-order valence-electron chi connectivity index (χ4n) is 3.78. The average molecular weight is 363 g/mol. The van der Waals surface area contributed by atoms with Gasteiger partial charge < -0.3 is 19.1 Å². The van der Waals surface area contributed by atoms with Crippen molar-refractivity contribution in [2.24, 2.45) is 0 Å². The van der Waals surface area contributed by atoms with E-state index in [4.69, 9.17) is 19.2 Å². The second-order valence-corrected chi connectivity index (χ2v) is 7.51. The average Bonchev–Trinajstić information content (AvgIpc) is 3.13. The molecule has 1 aromatic heterocycles.